The summed E-state index contributed by atoms with van der Waals surface area (Å²) in [6.07, 6.45) is 3.23. The third-order valence-corrected chi connectivity index (χ3v) is 4.34. The Labute approximate surface area is 156 Å². The Kier molecular flexibility index (Phi) is 4.80. The molecule has 8 heteroatoms. The minimum atomic E-state index is -0.264. The van der Waals surface area contributed by atoms with E-state index in [1.165, 1.54) is 6.33 Å². The highest BCUT2D eigenvalue weighted by Gasteiger charge is 2.15. The van der Waals surface area contributed by atoms with Crippen molar-refractivity contribution in [3.8, 4) is 5.82 Å². The lowest BCUT2D eigenvalue weighted by molar-refractivity contribution is 0.102. The average Bonchev–Trinajstić information content (AvgIpc) is 3.21. The number of carbonyl (C=O) groups excluding carboxylic acids is 1. The number of ether oxygens (including phenoxy) is 1. The van der Waals surface area contributed by atoms with Crippen LogP contribution in [0, 0.1) is 6.92 Å². The molecule has 1 aliphatic heterocycles. The number of anilines is 2. The third-order valence-electron chi connectivity index (χ3n) is 4.34. The van der Waals surface area contributed by atoms with Gasteiger partial charge in [0.15, 0.2) is 11.5 Å². The van der Waals surface area contributed by atoms with Crippen molar-refractivity contribution in [2.45, 2.75) is 6.92 Å². The van der Waals surface area contributed by atoms with E-state index < -0.39 is 0 Å². The van der Waals surface area contributed by atoms with E-state index in [1.807, 2.05) is 37.3 Å². The van der Waals surface area contributed by atoms with Gasteiger partial charge in [-0.05, 0) is 25.1 Å². The molecule has 1 N–H and O–H groups in total. The van der Waals surface area contributed by atoms with Gasteiger partial charge < -0.3 is 15.0 Å². The SMILES string of the molecule is Cc1ccc(NC(=O)c2ccn(-c3cc(N4CCOCC4)ncn3)n2)cc1. The zero-order valence-corrected chi connectivity index (χ0v) is 15.0. The molecule has 0 saturated carbocycles. The van der Waals surface area contributed by atoms with Crippen molar-refractivity contribution >= 4 is 17.4 Å². The highest BCUT2D eigenvalue weighted by atomic mass is 16.5. The van der Waals surface area contributed by atoms with E-state index in [2.05, 4.69) is 25.3 Å². The number of amides is 1. The van der Waals surface area contributed by atoms with Crippen molar-refractivity contribution in [1.29, 1.82) is 0 Å². The second-order valence-corrected chi connectivity index (χ2v) is 6.30. The topological polar surface area (TPSA) is 85.2 Å². The maximum atomic E-state index is 12.4. The van der Waals surface area contributed by atoms with Gasteiger partial charge in [-0.2, -0.15) is 5.10 Å². The molecule has 0 radical (unpaired) electrons. The summed E-state index contributed by atoms with van der Waals surface area (Å²) < 4.78 is 6.95. The number of nitrogens with one attached hydrogen (secondary N) is 1. The molecular formula is C19H20N6O2. The Morgan fingerprint density at radius 1 is 1.07 bits per heavy atom. The molecule has 27 heavy (non-hydrogen) atoms. The lowest BCUT2D eigenvalue weighted by atomic mass is 10.2. The number of hydrogen-bond acceptors (Lipinski definition) is 6. The molecule has 0 unspecified atom stereocenters. The van der Waals surface area contributed by atoms with E-state index in [1.54, 1.807) is 16.9 Å². The molecule has 3 heterocycles. The van der Waals surface area contributed by atoms with Crippen LogP contribution in [0.4, 0.5) is 11.5 Å². The van der Waals surface area contributed by atoms with Gasteiger partial charge in [0.2, 0.25) is 0 Å². The van der Waals surface area contributed by atoms with Crippen molar-refractivity contribution in [3.63, 3.8) is 0 Å². The fourth-order valence-corrected chi connectivity index (χ4v) is 2.83. The van der Waals surface area contributed by atoms with Crippen LogP contribution in [0.15, 0.2) is 48.9 Å². The summed E-state index contributed by atoms with van der Waals surface area (Å²) in [6.45, 7) is 4.95. The first kappa shape index (κ1) is 17.2. The number of benzene rings is 1. The first-order valence-corrected chi connectivity index (χ1v) is 8.78. The van der Waals surface area contributed by atoms with Gasteiger partial charge in [-0.25, -0.2) is 14.6 Å². The van der Waals surface area contributed by atoms with Gasteiger partial charge in [0.1, 0.15) is 12.1 Å². The van der Waals surface area contributed by atoms with Crippen LogP contribution in [0.25, 0.3) is 5.82 Å². The molecule has 3 aromatic rings. The summed E-state index contributed by atoms with van der Waals surface area (Å²) >= 11 is 0. The predicted octanol–water partition coefficient (Wildman–Crippen LogP) is 2.06. The fraction of sp³-hybridized carbons (Fsp3) is 0.263. The summed E-state index contributed by atoms with van der Waals surface area (Å²) in [5, 5.41) is 7.20. The number of nitrogens with zero attached hydrogens (tertiary/aromatic N) is 5. The van der Waals surface area contributed by atoms with Gasteiger partial charge in [0.05, 0.1) is 13.2 Å². The molecule has 1 fully saturated rings. The molecule has 138 valence electrons. The first-order valence-electron chi connectivity index (χ1n) is 8.78. The van der Waals surface area contributed by atoms with Crippen LogP contribution in [0.5, 0.6) is 0 Å². The summed E-state index contributed by atoms with van der Waals surface area (Å²) in [7, 11) is 0. The average molecular weight is 364 g/mol. The van der Waals surface area contributed by atoms with Crippen LogP contribution in [0.3, 0.4) is 0 Å². The Bertz CT molecular complexity index is 931. The van der Waals surface area contributed by atoms with Crippen LogP contribution in [0.1, 0.15) is 16.1 Å². The number of aryl methyl sites for hydroxylation is 1. The monoisotopic (exact) mass is 364 g/mol. The van der Waals surface area contributed by atoms with E-state index in [-0.39, 0.29) is 5.91 Å². The molecule has 0 atom stereocenters. The number of rotatable bonds is 4. The molecule has 0 bridgehead atoms. The largest absolute Gasteiger partial charge is 0.378 e. The zero-order valence-electron chi connectivity index (χ0n) is 15.0. The van der Waals surface area contributed by atoms with E-state index in [0.29, 0.717) is 24.7 Å². The smallest absolute Gasteiger partial charge is 0.276 e. The summed E-state index contributed by atoms with van der Waals surface area (Å²) in [4.78, 5) is 23.2. The Morgan fingerprint density at radius 2 is 1.81 bits per heavy atom. The first-order chi connectivity index (χ1) is 13.2. The maximum absolute atomic E-state index is 12.4. The van der Waals surface area contributed by atoms with Crippen LogP contribution in [-0.2, 0) is 4.74 Å². The maximum Gasteiger partial charge on any atom is 0.276 e. The quantitative estimate of drug-likeness (QED) is 0.763. The summed E-state index contributed by atoms with van der Waals surface area (Å²) in [5.41, 5.74) is 2.19. The Balaban J connectivity index is 1.50. The highest BCUT2D eigenvalue weighted by molar-refractivity contribution is 6.02. The Morgan fingerprint density at radius 3 is 2.59 bits per heavy atom. The molecule has 1 aromatic carbocycles. The predicted molar refractivity (Wildman–Crippen MR) is 101 cm³/mol. The van der Waals surface area contributed by atoms with Gasteiger partial charge in [-0.1, -0.05) is 17.7 Å². The number of carbonyl (C=O) groups is 1. The van der Waals surface area contributed by atoms with Gasteiger partial charge >= 0.3 is 0 Å². The van der Waals surface area contributed by atoms with Crippen LogP contribution in [0.2, 0.25) is 0 Å². The molecule has 1 saturated heterocycles. The van der Waals surface area contributed by atoms with Gasteiger partial charge in [-0.3, -0.25) is 4.79 Å². The second kappa shape index (κ2) is 7.55. The van der Waals surface area contributed by atoms with Crippen molar-refractivity contribution in [1.82, 2.24) is 19.7 Å². The third kappa shape index (κ3) is 3.95. The Hall–Kier alpha value is -3.26. The minimum Gasteiger partial charge on any atom is -0.378 e. The minimum absolute atomic E-state index is 0.264. The molecule has 1 amide bonds. The molecule has 0 aliphatic carbocycles. The standard InChI is InChI=1S/C19H20N6O2/c1-14-2-4-15(5-3-14)22-19(26)16-6-7-25(23-16)18-12-17(20-13-21-18)24-8-10-27-11-9-24/h2-7,12-13H,8-11H2,1H3,(H,22,26). The second-order valence-electron chi connectivity index (χ2n) is 6.30. The van der Waals surface area contributed by atoms with Crippen LogP contribution < -0.4 is 10.2 Å². The van der Waals surface area contributed by atoms with Crippen LogP contribution >= 0.6 is 0 Å². The molecule has 8 nitrogen and oxygen atoms in total. The van der Waals surface area contributed by atoms with Crippen LogP contribution in [-0.4, -0.2) is 52.0 Å². The van der Waals surface area contributed by atoms with E-state index in [9.17, 15) is 4.79 Å². The summed E-state index contributed by atoms with van der Waals surface area (Å²) in [5.74, 6) is 1.17. The molecule has 4 rings (SSSR count). The highest BCUT2D eigenvalue weighted by Crippen LogP contribution is 2.16. The molecule has 0 spiro atoms. The molecule has 2 aromatic heterocycles. The zero-order chi connectivity index (χ0) is 18.6. The van der Waals surface area contributed by atoms with E-state index in [0.717, 1.165) is 30.2 Å². The normalized spacial score (nSPS) is 14.2. The van der Waals surface area contributed by atoms with Crippen molar-refractivity contribution in [2.24, 2.45) is 0 Å². The molecule has 1 aliphatic rings. The number of aromatic nitrogens is 4. The molecular weight excluding hydrogens is 344 g/mol. The fourth-order valence-electron chi connectivity index (χ4n) is 2.83. The number of hydrogen-bond donors (Lipinski definition) is 1. The van der Waals surface area contributed by atoms with Crippen molar-refractivity contribution in [3.05, 3.63) is 60.2 Å². The number of morpholine rings is 1. The van der Waals surface area contributed by atoms with E-state index in [4.69, 9.17) is 4.74 Å². The van der Waals surface area contributed by atoms with E-state index >= 15 is 0 Å². The van der Waals surface area contributed by atoms with Gasteiger partial charge in [0.25, 0.3) is 5.91 Å². The van der Waals surface area contributed by atoms with Crippen molar-refractivity contribution in [2.75, 3.05) is 36.5 Å². The lowest BCUT2D eigenvalue weighted by Gasteiger charge is -2.27. The van der Waals surface area contributed by atoms with Crippen molar-refractivity contribution < 1.29 is 9.53 Å². The van der Waals surface area contributed by atoms with Gasteiger partial charge in [0, 0.05) is 31.0 Å². The lowest BCUT2D eigenvalue weighted by Crippen LogP contribution is -2.36. The van der Waals surface area contributed by atoms with Gasteiger partial charge in [-0.15, -0.1) is 0 Å². The summed E-state index contributed by atoms with van der Waals surface area (Å²) in [6, 6.07) is 11.1.